The van der Waals surface area contributed by atoms with E-state index in [1.165, 1.54) is 11.3 Å². The lowest BCUT2D eigenvalue weighted by Crippen LogP contribution is -2.19. The number of thiol groups is 1. The van der Waals surface area contributed by atoms with Crippen LogP contribution in [0.5, 0.6) is 0 Å². The highest BCUT2D eigenvalue weighted by molar-refractivity contribution is 8.68. The minimum Gasteiger partial charge on any atom is -0.374 e. The number of benzene rings is 1. The van der Waals surface area contributed by atoms with E-state index < -0.39 is 0 Å². The van der Waals surface area contributed by atoms with E-state index in [2.05, 4.69) is 78.1 Å². The van der Waals surface area contributed by atoms with E-state index in [-0.39, 0.29) is 0 Å². The maximum Gasteiger partial charge on any atom is 0.197 e. The third-order valence-electron chi connectivity index (χ3n) is 3.34. The van der Waals surface area contributed by atoms with Crippen molar-refractivity contribution in [3.05, 3.63) is 48.2 Å². The molecule has 1 rings (SSSR count). The van der Waals surface area contributed by atoms with Crippen LogP contribution in [0.2, 0.25) is 0 Å². The Kier molecular flexibility index (Phi) is 8.31. The molecular weight excluding hydrogens is 296 g/mol. The lowest BCUT2D eigenvalue weighted by Gasteiger charge is -2.18. The van der Waals surface area contributed by atoms with Gasteiger partial charge >= 0.3 is 0 Å². The van der Waals surface area contributed by atoms with Gasteiger partial charge in [-0.05, 0) is 37.3 Å². The fourth-order valence-corrected chi connectivity index (χ4v) is 2.59. The first-order valence-electron chi connectivity index (χ1n) is 7.13. The third-order valence-corrected chi connectivity index (χ3v) is 4.25. The highest BCUT2D eigenvalue weighted by Gasteiger charge is 2.02. The Balaban J connectivity index is 2.68. The Hall–Kier alpha value is -1.13. The second-order valence-corrected chi connectivity index (χ2v) is 6.16. The van der Waals surface area contributed by atoms with Crippen molar-refractivity contribution >= 4 is 40.4 Å². The molecule has 0 N–H and O–H groups in total. The maximum atomic E-state index is 4.17. The van der Waals surface area contributed by atoms with Gasteiger partial charge in [0, 0.05) is 38.0 Å². The molecule has 0 aliphatic rings. The van der Waals surface area contributed by atoms with E-state index in [4.69, 9.17) is 0 Å². The second-order valence-electron chi connectivity index (χ2n) is 4.72. The van der Waals surface area contributed by atoms with Gasteiger partial charge in [-0.25, -0.2) is 4.58 Å². The molecule has 1 aromatic rings. The van der Waals surface area contributed by atoms with Gasteiger partial charge in [0.15, 0.2) is 5.70 Å². The van der Waals surface area contributed by atoms with Crippen LogP contribution in [0.4, 0.5) is 5.69 Å². The molecule has 4 heteroatoms. The van der Waals surface area contributed by atoms with Gasteiger partial charge in [0.2, 0.25) is 0 Å². The van der Waals surface area contributed by atoms with E-state index in [1.807, 2.05) is 13.1 Å². The SMILES string of the molecule is C=C(/C=C/c1ccc(N(C)CCSS)cc1)[N+](=CC)CC. The molecular formula is C17H25N2S2+. The molecule has 0 unspecified atom stereocenters. The molecule has 0 radical (unpaired) electrons. The van der Waals surface area contributed by atoms with E-state index in [9.17, 15) is 0 Å². The number of anilines is 1. The van der Waals surface area contributed by atoms with Gasteiger partial charge in [0.25, 0.3) is 0 Å². The number of likely N-dealkylation sites (N-methyl/N-ethyl adjacent to an activating group) is 1. The molecule has 0 saturated carbocycles. The first kappa shape index (κ1) is 17.9. The predicted molar refractivity (Wildman–Crippen MR) is 102 cm³/mol. The second kappa shape index (κ2) is 9.74. The minimum atomic E-state index is 0.937. The number of hydrogen-bond acceptors (Lipinski definition) is 3. The molecule has 0 amide bonds. The first-order chi connectivity index (χ1) is 10.1. The normalized spacial score (nSPS) is 11.9. The average molecular weight is 322 g/mol. The Labute approximate surface area is 138 Å². The van der Waals surface area contributed by atoms with Gasteiger partial charge in [-0.15, -0.1) is 11.7 Å². The average Bonchev–Trinajstić information content (AvgIpc) is 2.52. The fraction of sp³-hybridized carbons (Fsp3) is 0.353. The zero-order valence-corrected chi connectivity index (χ0v) is 14.8. The molecule has 0 aliphatic heterocycles. The summed E-state index contributed by atoms with van der Waals surface area (Å²) in [6.07, 6.45) is 6.20. The Morgan fingerprint density at radius 2 is 2.05 bits per heavy atom. The number of rotatable bonds is 8. The zero-order chi connectivity index (χ0) is 15.7. The van der Waals surface area contributed by atoms with E-state index >= 15 is 0 Å². The fourth-order valence-electron chi connectivity index (χ4n) is 1.99. The molecule has 2 nitrogen and oxygen atoms in total. The van der Waals surface area contributed by atoms with Crippen LogP contribution in [0.3, 0.4) is 0 Å². The number of nitrogens with zero attached hydrogens (tertiary/aromatic N) is 2. The number of allylic oxidation sites excluding steroid dienone is 1. The lowest BCUT2D eigenvalue weighted by atomic mass is 10.1. The molecule has 0 aromatic heterocycles. The monoisotopic (exact) mass is 321 g/mol. The lowest BCUT2D eigenvalue weighted by molar-refractivity contribution is -0.462. The van der Waals surface area contributed by atoms with Crippen molar-refractivity contribution in [2.24, 2.45) is 0 Å². The molecule has 0 saturated heterocycles. The third kappa shape index (κ3) is 6.02. The van der Waals surface area contributed by atoms with E-state index in [1.54, 1.807) is 10.8 Å². The van der Waals surface area contributed by atoms with Crippen molar-refractivity contribution in [2.75, 3.05) is 30.8 Å². The summed E-state index contributed by atoms with van der Waals surface area (Å²) in [5.41, 5.74) is 3.42. The highest BCUT2D eigenvalue weighted by atomic mass is 33.1. The van der Waals surface area contributed by atoms with Crippen LogP contribution < -0.4 is 4.90 Å². The van der Waals surface area contributed by atoms with E-state index in [0.717, 1.165) is 24.5 Å². The minimum absolute atomic E-state index is 0.937. The summed E-state index contributed by atoms with van der Waals surface area (Å²) in [4.78, 5) is 2.24. The van der Waals surface area contributed by atoms with Crippen molar-refractivity contribution in [1.29, 1.82) is 0 Å². The Morgan fingerprint density at radius 1 is 1.38 bits per heavy atom. The maximum absolute atomic E-state index is 4.17. The van der Waals surface area contributed by atoms with Crippen molar-refractivity contribution in [2.45, 2.75) is 13.8 Å². The van der Waals surface area contributed by atoms with Crippen LogP contribution in [-0.2, 0) is 0 Å². The van der Waals surface area contributed by atoms with Crippen LogP contribution in [0.1, 0.15) is 19.4 Å². The van der Waals surface area contributed by atoms with Crippen molar-refractivity contribution in [1.82, 2.24) is 0 Å². The molecule has 0 heterocycles. The van der Waals surface area contributed by atoms with Gasteiger partial charge in [0.05, 0.1) is 0 Å². The van der Waals surface area contributed by atoms with Gasteiger partial charge in [-0.1, -0.05) is 22.9 Å². The molecule has 21 heavy (non-hydrogen) atoms. The highest BCUT2D eigenvalue weighted by Crippen LogP contribution is 2.16. The van der Waals surface area contributed by atoms with Gasteiger partial charge in [0.1, 0.15) is 12.8 Å². The summed E-state index contributed by atoms with van der Waals surface area (Å²) < 4.78 is 2.12. The van der Waals surface area contributed by atoms with Crippen LogP contribution >= 0.6 is 22.5 Å². The quantitative estimate of drug-likeness (QED) is 0.250. The van der Waals surface area contributed by atoms with Gasteiger partial charge in [-0.2, -0.15) is 0 Å². The summed E-state index contributed by atoms with van der Waals surface area (Å²) in [5, 5.41) is 0. The molecule has 0 spiro atoms. The molecule has 0 bridgehead atoms. The summed E-state index contributed by atoms with van der Waals surface area (Å²) in [5.74, 6) is 1.02. The van der Waals surface area contributed by atoms with Crippen LogP contribution in [0, 0.1) is 0 Å². The van der Waals surface area contributed by atoms with Crippen molar-refractivity contribution < 1.29 is 4.58 Å². The van der Waals surface area contributed by atoms with Crippen LogP contribution in [0.25, 0.3) is 6.08 Å². The molecule has 1 aromatic carbocycles. The largest absolute Gasteiger partial charge is 0.374 e. The predicted octanol–water partition coefficient (Wildman–Crippen LogP) is 4.35. The Morgan fingerprint density at radius 3 is 2.57 bits per heavy atom. The summed E-state index contributed by atoms with van der Waals surface area (Å²) >= 11 is 4.17. The summed E-state index contributed by atoms with van der Waals surface area (Å²) in [7, 11) is 3.67. The standard InChI is InChI=1S/C17H24N2S2/c1-5-19(6-2)15(3)7-8-16-9-11-17(12-10-16)18(4)13-14-21-20/h5,7-12H,3,6,13-14H2,1-2,4H3/p+1/b8-7+,19-5?. The number of hydrogen-bond donors (Lipinski definition) is 1. The summed E-state index contributed by atoms with van der Waals surface area (Å²) in [6.45, 7) is 10.2. The van der Waals surface area contributed by atoms with Crippen LogP contribution in [0.15, 0.2) is 42.6 Å². The first-order valence-corrected chi connectivity index (χ1v) is 9.16. The van der Waals surface area contributed by atoms with Crippen LogP contribution in [-0.4, -0.2) is 36.7 Å². The van der Waals surface area contributed by atoms with Crippen molar-refractivity contribution in [3.63, 3.8) is 0 Å². The molecule has 0 fully saturated rings. The summed E-state index contributed by atoms with van der Waals surface area (Å²) in [6, 6.07) is 8.56. The molecule has 114 valence electrons. The topological polar surface area (TPSA) is 6.25 Å². The molecule has 0 aliphatic carbocycles. The van der Waals surface area contributed by atoms with E-state index in [0.29, 0.717) is 0 Å². The molecule has 0 atom stereocenters. The Bertz CT molecular complexity index is 504. The van der Waals surface area contributed by atoms with Crippen molar-refractivity contribution in [3.8, 4) is 0 Å². The smallest absolute Gasteiger partial charge is 0.197 e. The van der Waals surface area contributed by atoms with Gasteiger partial charge < -0.3 is 4.90 Å². The van der Waals surface area contributed by atoms with Gasteiger partial charge in [-0.3, -0.25) is 0 Å². The zero-order valence-electron chi connectivity index (χ0n) is 13.1.